The maximum Gasteiger partial charge on any atom is 0.408 e. The van der Waals surface area contributed by atoms with Crippen LogP contribution in [0.4, 0.5) is 10.5 Å². The van der Waals surface area contributed by atoms with E-state index in [1.807, 2.05) is 55.5 Å². The molecule has 0 aliphatic heterocycles. The van der Waals surface area contributed by atoms with Gasteiger partial charge in [0.2, 0.25) is 5.91 Å². The third-order valence-corrected chi connectivity index (χ3v) is 4.06. The molecule has 0 aliphatic carbocycles. The molecule has 1 atom stereocenters. The molecule has 0 saturated carbocycles. The standard InChI is InChI=1S/C18H19IN2O3/c1-12-10-15(19)8-9-16(12)21-17(22)13(2)20-18(23)24-11-14-6-4-3-5-7-14/h3-10,13H,11H2,1-2H3,(H,20,23)(H,21,22)/t13-/m0/s1. The van der Waals surface area contributed by atoms with Gasteiger partial charge in [0, 0.05) is 9.26 Å². The number of hydrogen-bond acceptors (Lipinski definition) is 3. The lowest BCUT2D eigenvalue weighted by molar-refractivity contribution is -0.117. The first-order chi connectivity index (χ1) is 11.5. The van der Waals surface area contributed by atoms with Crippen molar-refractivity contribution < 1.29 is 14.3 Å². The Balaban J connectivity index is 1.83. The summed E-state index contributed by atoms with van der Waals surface area (Å²) in [5.41, 5.74) is 2.58. The van der Waals surface area contributed by atoms with Crippen LogP contribution in [0.15, 0.2) is 48.5 Å². The Morgan fingerprint density at radius 2 is 1.88 bits per heavy atom. The monoisotopic (exact) mass is 438 g/mol. The highest BCUT2D eigenvalue weighted by molar-refractivity contribution is 14.1. The van der Waals surface area contributed by atoms with E-state index in [0.717, 1.165) is 20.4 Å². The summed E-state index contributed by atoms with van der Waals surface area (Å²) in [6.07, 6.45) is -0.624. The predicted molar refractivity (Wildman–Crippen MR) is 102 cm³/mol. The molecule has 2 aromatic rings. The number of halogens is 1. The van der Waals surface area contributed by atoms with Gasteiger partial charge in [0.05, 0.1) is 0 Å². The number of anilines is 1. The minimum absolute atomic E-state index is 0.164. The number of ether oxygens (including phenoxy) is 1. The van der Waals surface area contributed by atoms with Gasteiger partial charge in [-0.3, -0.25) is 4.79 Å². The average Bonchev–Trinajstić information content (AvgIpc) is 2.56. The molecule has 0 spiro atoms. The van der Waals surface area contributed by atoms with Gasteiger partial charge in [-0.05, 0) is 65.8 Å². The van der Waals surface area contributed by atoms with Crippen LogP contribution in [-0.4, -0.2) is 18.0 Å². The fourth-order valence-electron chi connectivity index (χ4n) is 2.02. The molecule has 0 aliphatic rings. The second kappa shape index (κ2) is 8.68. The number of carbonyl (C=O) groups excluding carboxylic acids is 2. The molecule has 24 heavy (non-hydrogen) atoms. The van der Waals surface area contributed by atoms with Crippen LogP contribution in [0.3, 0.4) is 0 Å². The van der Waals surface area contributed by atoms with Gasteiger partial charge >= 0.3 is 6.09 Å². The van der Waals surface area contributed by atoms with Crippen LogP contribution in [0.25, 0.3) is 0 Å². The number of amides is 2. The number of benzene rings is 2. The number of aryl methyl sites for hydroxylation is 1. The second-order valence-electron chi connectivity index (χ2n) is 5.38. The van der Waals surface area contributed by atoms with Crippen LogP contribution in [-0.2, 0) is 16.1 Å². The van der Waals surface area contributed by atoms with E-state index < -0.39 is 12.1 Å². The van der Waals surface area contributed by atoms with E-state index in [1.165, 1.54) is 0 Å². The summed E-state index contributed by atoms with van der Waals surface area (Å²) < 4.78 is 6.20. The molecule has 0 radical (unpaired) electrons. The largest absolute Gasteiger partial charge is 0.445 e. The number of nitrogens with one attached hydrogen (secondary N) is 2. The molecule has 2 amide bonds. The first-order valence-electron chi connectivity index (χ1n) is 7.50. The van der Waals surface area contributed by atoms with Gasteiger partial charge < -0.3 is 15.4 Å². The number of alkyl carbamates (subject to hydrolysis) is 1. The smallest absolute Gasteiger partial charge is 0.408 e. The highest BCUT2D eigenvalue weighted by Crippen LogP contribution is 2.17. The Kier molecular flexibility index (Phi) is 6.60. The summed E-state index contributed by atoms with van der Waals surface area (Å²) >= 11 is 2.21. The fourth-order valence-corrected chi connectivity index (χ4v) is 2.66. The van der Waals surface area contributed by atoms with Crippen molar-refractivity contribution in [3.05, 3.63) is 63.2 Å². The van der Waals surface area contributed by atoms with Crippen LogP contribution in [0.5, 0.6) is 0 Å². The zero-order chi connectivity index (χ0) is 17.5. The van der Waals surface area contributed by atoms with Crippen molar-refractivity contribution in [3.8, 4) is 0 Å². The van der Waals surface area contributed by atoms with Crippen LogP contribution in [0, 0.1) is 10.5 Å². The molecular weight excluding hydrogens is 419 g/mol. The summed E-state index contributed by atoms with van der Waals surface area (Å²) in [6, 6.07) is 14.4. The molecule has 0 heterocycles. The van der Waals surface area contributed by atoms with Crippen LogP contribution in [0.2, 0.25) is 0 Å². The SMILES string of the molecule is Cc1cc(I)ccc1NC(=O)[C@H](C)NC(=O)OCc1ccccc1. The molecule has 0 saturated heterocycles. The van der Waals surface area contributed by atoms with Crippen LogP contribution in [0.1, 0.15) is 18.1 Å². The van der Waals surface area contributed by atoms with Crippen molar-refractivity contribution in [1.29, 1.82) is 0 Å². The number of hydrogen-bond donors (Lipinski definition) is 2. The first kappa shape index (κ1) is 18.3. The van der Waals surface area contributed by atoms with Crippen molar-refractivity contribution in [2.24, 2.45) is 0 Å². The molecule has 0 bridgehead atoms. The van der Waals surface area contributed by atoms with Crippen molar-refractivity contribution in [2.45, 2.75) is 26.5 Å². The van der Waals surface area contributed by atoms with Gasteiger partial charge in [0.25, 0.3) is 0 Å². The van der Waals surface area contributed by atoms with E-state index >= 15 is 0 Å². The highest BCUT2D eigenvalue weighted by Gasteiger charge is 2.17. The average molecular weight is 438 g/mol. The zero-order valence-electron chi connectivity index (χ0n) is 13.5. The van der Waals surface area contributed by atoms with Gasteiger partial charge in [0.1, 0.15) is 12.6 Å². The maximum absolute atomic E-state index is 12.2. The molecule has 2 N–H and O–H groups in total. The molecule has 0 unspecified atom stereocenters. The molecule has 126 valence electrons. The van der Waals surface area contributed by atoms with E-state index in [1.54, 1.807) is 6.92 Å². The minimum Gasteiger partial charge on any atom is -0.445 e. The molecule has 5 nitrogen and oxygen atoms in total. The predicted octanol–water partition coefficient (Wildman–Crippen LogP) is 3.85. The van der Waals surface area contributed by atoms with E-state index in [2.05, 4.69) is 33.2 Å². The van der Waals surface area contributed by atoms with Crippen LogP contribution < -0.4 is 10.6 Å². The summed E-state index contributed by atoms with van der Waals surface area (Å²) in [6.45, 7) is 3.70. The summed E-state index contributed by atoms with van der Waals surface area (Å²) in [5.74, 6) is -0.295. The van der Waals surface area contributed by atoms with Gasteiger partial charge in [-0.2, -0.15) is 0 Å². The molecular formula is C18H19IN2O3. The summed E-state index contributed by atoms with van der Waals surface area (Å²) in [4.78, 5) is 24.0. The number of rotatable bonds is 5. The Morgan fingerprint density at radius 3 is 2.54 bits per heavy atom. The fraction of sp³-hybridized carbons (Fsp3) is 0.222. The van der Waals surface area contributed by atoms with Gasteiger partial charge in [-0.15, -0.1) is 0 Å². The number of carbonyl (C=O) groups is 2. The van der Waals surface area contributed by atoms with Gasteiger partial charge in [-0.25, -0.2) is 4.79 Å². The normalized spacial score (nSPS) is 11.5. The maximum atomic E-state index is 12.2. The van der Waals surface area contributed by atoms with Crippen molar-refractivity contribution in [2.75, 3.05) is 5.32 Å². The molecule has 2 aromatic carbocycles. The lowest BCUT2D eigenvalue weighted by atomic mass is 10.2. The van der Waals surface area contributed by atoms with Gasteiger partial charge in [0.15, 0.2) is 0 Å². The van der Waals surface area contributed by atoms with E-state index in [-0.39, 0.29) is 12.5 Å². The zero-order valence-corrected chi connectivity index (χ0v) is 15.7. The lowest BCUT2D eigenvalue weighted by Crippen LogP contribution is -2.41. The second-order valence-corrected chi connectivity index (χ2v) is 6.62. The van der Waals surface area contributed by atoms with Crippen molar-refractivity contribution in [1.82, 2.24) is 5.32 Å². The molecule has 0 fully saturated rings. The van der Waals surface area contributed by atoms with Gasteiger partial charge in [-0.1, -0.05) is 30.3 Å². The quantitative estimate of drug-likeness (QED) is 0.697. The molecule has 2 rings (SSSR count). The third kappa shape index (κ3) is 5.52. The van der Waals surface area contributed by atoms with Crippen molar-refractivity contribution in [3.63, 3.8) is 0 Å². The van der Waals surface area contributed by atoms with E-state index in [9.17, 15) is 9.59 Å². The summed E-state index contributed by atoms with van der Waals surface area (Å²) in [5, 5.41) is 5.33. The van der Waals surface area contributed by atoms with E-state index in [0.29, 0.717) is 0 Å². The third-order valence-electron chi connectivity index (χ3n) is 3.39. The summed E-state index contributed by atoms with van der Waals surface area (Å²) in [7, 11) is 0. The Hall–Kier alpha value is -2.09. The minimum atomic E-state index is -0.702. The molecule has 6 heteroatoms. The lowest BCUT2D eigenvalue weighted by Gasteiger charge is -2.15. The first-order valence-corrected chi connectivity index (χ1v) is 8.58. The Morgan fingerprint density at radius 1 is 1.17 bits per heavy atom. The molecule has 0 aromatic heterocycles. The Labute approximate surface area is 154 Å². The Bertz CT molecular complexity index is 719. The highest BCUT2D eigenvalue weighted by atomic mass is 127. The van der Waals surface area contributed by atoms with Crippen LogP contribution >= 0.6 is 22.6 Å². The van der Waals surface area contributed by atoms with Crippen molar-refractivity contribution >= 4 is 40.3 Å². The topological polar surface area (TPSA) is 67.4 Å². The van der Waals surface area contributed by atoms with E-state index in [4.69, 9.17) is 4.74 Å².